The largest absolute Gasteiger partial charge is 0.352 e. The van der Waals surface area contributed by atoms with Crippen LogP contribution in [0.5, 0.6) is 0 Å². The van der Waals surface area contributed by atoms with E-state index >= 15 is 0 Å². The summed E-state index contributed by atoms with van der Waals surface area (Å²) in [6.07, 6.45) is 5.50. The minimum Gasteiger partial charge on any atom is -0.352 e. The minimum absolute atomic E-state index is 0.180. The molecule has 0 unspecified atom stereocenters. The number of benzene rings is 1. The lowest BCUT2D eigenvalue weighted by Crippen LogP contribution is -2.45. The van der Waals surface area contributed by atoms with Crippen LogP contribution < -0.4 is 10.6 Å². The third-order valence-electron chi connectivity index (χ3n) is 5.44. The fourth-order valence-electron chi connectivity index (χ4n) is 4.22. The van der Waals surface area contributed by atoms with Crippen LogP contribution in [0.25, 0.3) is 0 Å². The number of carbonyl (C=O) groups is 3. The molecule has 2 aliphatic carbocycles. The molecule has 4 amide bonds. The standard InChI is InChI=1S/C18H21N3O3/c22-15(19-13-6-2-3-7-13)11-21-16(23)18(20-17(21)24)10-9-12-5-1-4-8-14(12)18/h1,4-5,8,13H,2-3,6-7,9-11H2,(H,19,22)(H,20,24)/t18-/m1/s1. The summed E-state index contributed by atoms with van der Waals surface area (Å²) in [5.41, 5.74) is 0.965. The Kier molecular flexibility index (Phi) is 3.55. The van der Waals surface area contributed by atoms with Crippen LogP contribution in [0.1, 0.15) is 43.2 Å². The van der Waals surface area contributed by atoms with Gasteiger partial charge < -0.3 is 10.6 Å². The van der Waals surface area contributed by atoms with Crippen LogP contribution in [0.2, 0.25) is 0 Å². The molecular weight excluding hydrogens is 306 g/mol. The average Bonchev–Trinajstić information content (AvgIpc) is 3.25. The van der Waals surface area contributed by atoms with Gasteiger partial charge in [0.2, 0.25) is 5.91 Å². The number of amides is 4. The molecule has 0 bridgehead atoms. The minimum atomic E-state index is -0.985. The van der Waals surface area contributed by atoms with E-state index in [1.54, 1.807) is 0 Å². The van der Waals surface area contributed by atoms with Gasteiger partial charge in [0.1, 0.15) is 12.1 Å². The van der Waals surface area contributed by atoms with E-state index in [0.29, 0.717) is 6.42 Å². The Bertz CT molecular complexity index is 711. The highest BCUT2D eigenvalue weighted by Crippen LogP contribution is 2.41. The maximum atomic E-state index is 12.9. The predicted molar refractivity (Wildman–Crippen MR) is 87.1 cm³/mol. The van der Waals surface area contributed by atoms with Crippen molar-refractivity contribution in [1.82, 2.24) is 15.5 Å². The van der Waals surface area contributed by atoms with Gasteiger partial charge in [0.05, 0.1) is 0 Å². The fraction of sp³-hybridized carbons (Fsp3) is 0.500. The molecule has 1 aromatic rings. The molecule has 1 spiro atoms. The fourth-order valence-corrected chi connectivity index (χ4v) is 4.22. The Morgan fingerprint density at radius 2 is 2.00 bits per heavy atom. The molecule has 1 heterocycles. The maximum Gasteiger partial charge on any atom is 0.325 e. The summed E-state index contributed by atoms with van der Waals surface area (Å²) in [6, 6.07) is 7.40. The second-order valence-electron chi connectivity index (χ2n) is 6.93. The monoisotopic (exact) mass is 327 g/mol. The molecule has 4 rings (SSSR count). The summed E-state index contributed by atoms with van der Waals surface area (Å²) in [5, 5.41) is 5.77. The van der Waals surface area contributed by atoms with Crippen molar-refractivity contribution in [3.63, 3.8) is 0 Å². The average molecular weight is 327 g/mol. The van der Waals surface area contributed by atoms with Gasteiger partial charge in [-0.1, -0.05) is 37.1 Å². The number of aryl methyl sites for hydroxylation is 1. The number of nitrogens with one attached hydrogen (secondary N) is 2. The zero-order valence-corrected chi connectivity index (χ0v) is 13.5. The Morgan fingerprint density at radius 3 is 2.79 bits per heavy atom. The number of urea groups is 1. The zero-order chi connectivity index (χ0) is 16.7. The van der Waals surface area contributed by atoms with Crippen LogP contribution in [-0.4, -0.2) is 35.3 Å². The lowest BCUT2D eigenvalue weighted by Gasteiger charge is -2.22. The van der Waals surface area contributed by atoms with E-state index < -0.39 is 11.6 Å². The van der Waals surface area contributed by atoms with Gasteiger partial charge in [0.25, 0.3) is 5.91 Å². The van der Waals surface area contributed by atoms with Crippen LogP contribution in [0.15, 0.2) is 24.3 Å². The quantitative estimate of drug-likeness (QED) is 0.825. The number of rotatable bonds is 3. The molecule has 1 saturated heterocycles. The van der Waals surface area contributed by atoms with Crippen LogP contribution >= 0.6 is 0 Å². The maximum absolute atomic E-state index is 12.9. The van der Waals surface area contributed by atoms with Gasteiger partial charge in [-0.05, 0) is 36.8 Å². The van der Waals surface area contributed by atoms with Crippen molar-refractivity contribution < 1.29 is 14.4 Å². The normalized spacial score (nSPS) is 26.1. The molecule has 1 aromatic carbocycles. The van der Waals surface area contributed by atoms with E-state index in [1.165, 1.54) is 0 Å². The SMILES string of the molecule is O=C(CN1C(=O)N[C@@]2(CCc3ccccc32)C1=O)NC1CCCC1. The first-order valence-electron chi connectivity index (χ1n) is 8.62. The molecule has 6 heteroatoms. The molecule has 2 fully saturated rings. The van der Waals surface area contributed by atoms with Gasteiger partial charge in [0.15, 0.2) is 0 Å². The van der Waals surface area contributed by atoms with Gasteiger partial charge in [-0.15, -0.1) is 0 Å². The summed E-state index contributed by atoms with van der Waals surface area (Å²) >= 11 is 0. The van der Waals surface area contributed by atoms with Gasteiger partial charge in [-0.2, -0.15) is 0 Å². The van der Waals surface area contributed by atoms with Crippen LogP contribution in [-0.2, 0) is 21.5 Å². The van der Waals surface area contributed by atoms with E-state index in [-0.39, 0.29) is 24.4 Å². The highest BCUT2D eigenvalue weighted by Gasteiger charge is 2.55. The zero-order valence-electron chi connectivity index (χ0n) is 13.5. The summed E-state index contributed by atoms with van der Waals surface area (Å²) in [7, 11) is 0. The first kappa shape index (κ1) is 15.2. The molecule has 1 atom stereocenters. The molecule has 1 saturated carbocycles. The summed E-state index contributed by atoms with van der Waals surface area (Å²) < 4.78 is 0. The lowest BCUT2D eigenvalue weighted by atomic mass is 9.92. The Balaban J connectivity index is 1.51. The highest BCUT2D eigenvalue weighted by molar-refractivity contribution is 6.09. The van der Waals surface area contributed by atoms with E-state index in [9.17, 15) is 14.4 Å². The third kappa shape index (κ3) is 2.28. The lowest BCUT2D eigenvalue weighted by molar-refractivity contribution is -0.135. The first-order chi connectivity index (χ1) is 11.6. The number of hydrogen-bond donors (Lipinski definition) is 2. The number of nitrogens with zero attached hydrogens (tertiary/aromatic N) is 1. The van der Waals surface area contributed by atoms with Crippen LogP contribution in [0.3, 0.4) is 0 Å². The number of fused-ring (bicyclic) bond motifs is 2. The number of carbonyl (C=O) groups excluding carboxylic acids is 3. The Morgan fingerprint density at radius 1 is 1.25 bits per heavy atom. The van der Waals surface area contributed by atoms with E-state index in [2.05, 4.69) is 10.6 Å². The molecule has 6 nitrogen and oxygen atoms in total. The Hall–Kier alpha value is -2.37. The molecule has 3 aliphatic rings. The number of hydrogen-bond acceptors (Lipinski definition) is 3. The first-order valence-corrected chi connectivity index (χ1v) is 8.62. The second-order valence-corrected chi connectivity index (χ2v) is 6.93. The highest BCUT2D eigenvalue weighted by atomic mass is 16.2. The van der Waals surface area contributed by atoms with E-state index in [1.807, 2.05) is 24.3 Å². The van der Waals surface area contributed by atoms with Crippen molar-refractivity contribution in [2.45, 2.75) is 50.1 Å². The van der Waals surface area contributed by atoms with E-state index in [0.717, 1.165) is 48.1 Å². The molecule has 24 heavy (non-hydrogen) atoms. The smallest absolute Gasteiger partial charge is 0.325 e. The van der Waals surface area contributed by atoms with Gasteiger partial charge in [-0.3, -0.25) is 14.5 Å². The van der Waals surface area contributed by atoms with E-state index in [4.69, 9.17) is 0 Å². The summed E-state index contributed by atoms with van der Waals surface area (Å²) in [5.74, 6) is -0.562. The van der Waals surface area contributed by atoms with Gasteiger partial charge in [0, 0.05) is 6.04 Å². The molecule has 0 radical (unpaired) electrons. The van der Waals surface area contributed by atoms with Crippen molar-refractivity contribution in [3.8, 4) is 0 Å². The number of imide groups is 1. The van der Waals surface area contributed by atoms with Crippen molar-refractivity contribution >= 4 is 17.8 Å². The summed E-state index contributed by atoms with van der Waals surface area (Å²) in [4.78, 5) is 38.6. The van der Waals surface area contributed by atoms with Gasteiger partial charge in [-0.25, -0.2) is 4.79 Å². The molecule has 1 aliphatic heterocycles. The van der Waals surface area contributed by atoms with Crippen molar-refractivity contribution in [2.24, 2.45) is 0 Å². The molecule has 2 N–H and O–H groups in total. The van der Waals surface area contributed by atoms with Crippen molar-refractivity contribution in [3.05, 3.63) is 35.4 Å². The van der Waals surface area contributed by atoms with Gasteiger partial charge >= 0.3 is 6.03 Å². The molecular formula is C18H21N3O3. The van der Waals surface area contributed by atoms with Crippen LogP contribution in [0, 0.1) is 0 Å². The summed E-state index contributed by atoms with van der Waals surface area (Å²) in [6.45, 7) is -0.203. The second kappa shape index (κ2) is 5.61. The molecule has 126 valence electrons. The molecule has 0 aromatic heterocycles. The van der Waals surface area contributed by atoms with Crippen molar-refractivity contribution in [2.75, 3.05) is 6.54 Å². The Labute approximate surface area is 140 Å². The third-order valence-corrected chi connectivity index (χ3v) is 5.44. The van der Waals surface area contributed by atoms with Crippen LogP contribution in [0.4, 0.5) is 4.79 Å². The topological polar surface area (TPSA) is 78.5 Å². The predicted octanol–water partition coefficient (Wildman–Crippen LogP) is 1.44. The van der Waals surface area contributed by atoms with Crippen molar-refractivity contribution in [1.29, 1.82) is 0 Å².